The summed E-state index contributed by atoms with van der Waals surface area (Å²) in [7, 11) is -3.75. The normalized spacial score (nSPS) is 15.1. The van der Waals surface area contributed by atoms with Crippen molar-refractivity contribution in [1.29, 1.82) is 0 Å². The Morgan fingerprint density at radius 2 is 1.90 bits per heavy atom. The highest BCUT2D eigenvalue weighted by Gasteiger charge is 2.30. The SMILES string of the molecule is CC(C)(CC(=O)NCc1ccc(Cl)cc1Cl)CC1=NS(=O)(=O)c2ccccc2N1. The van der Waals surface area contributed by atoms with Gasteiger partial charge in [0.2, 0.25) is 5.91 Å². The van der Waals surface area contributed by atoms with Gasteiger partial charge < -0.3 is 10.6 Å². The first kappa shape index (κ1) is 21.6. The van der Waals surface area contributed by atoms with E-state index in [1.165, 1.54) is 6.07 Å². The van der Waals surface area contributed by atoms with E-state index in [4.69, 9.17) is 23.2 Å². The highest BCUT2D eigenvalue weighted by Crippen LogP contribution is 2.32. The average molecular weight is 454 g/mol. The molecule has 1 heterocycles. The largest absolute Gasteiger partial charge is 0.352 e. The topological polar surface area (TPSA) is 87.6 Å². The molecule has 0 unspecified atom stereocenters. The molecule has 3 rings (SSSR count). The van der Waals surface area contributed by atoms with Gasteiger partial charge in [-0.1, -0.05) is 55.2 Å². The Labute approximate surface area is 180 Å². The molecule has 1 aliphatic heterocycles. The van der Waals surface area contributed by atoms with E-state index in [1.807, 2.05) is 13.8 Å². The lowest BCUT2D eigenvalue weighted by Crippen LogP contribution is -2.32. The molecule has 2 N–H and O–H groups in total. The molecule has 0 saturated heterocycles. The molecule has 0 atom stereocenters. The maximum absolute atomic E-state index is 12.4. The van der Waals surface area contributed by atoms with E-state index in [-0.39, 0.29) is 23.8 Å². The number of amidine groups is 1. The predicted molar refractivity (Wildman–Crippen MR) is 116 cm³/mol. The maximum Gasteiger partial charge on any atom is 0.286 e. The summed E-state index contributed by atoms with van der Waals surface area (Å²) >= 11 is 12.0. The quantitative estimate of drug-likeness (QED) is 0.667. The van der Waals surface area contributed by atoms with Crippen LogP contribution < -0.4 is 10.6 Å². The van der Waals surface area contributed by atoms with Crippen LogP contribution in [-0.2, 0) is 21.4 Å². The molecule has 154 valence electrons. The number of carbonyl (C=O) groups excluding carboxylic acids is 1. The summed E-state index contributed by atoms with van der Waals surface area (Å²) < 4.78 is 28.6. The fourth-order valence-electron chi connectivity index (χ4n) is 3.12. The second kappa shape index (κ2) is 8.34. The molecular weight excluding hydrogens is 433 g/mol. The second-order valence-electron chi connectivity index (χ2n) is 7.66. The third-order valence-electron chi connectivity index (χ3n) is 4.45. The average Bonchev–Trinajstić information content (AvgIpc) is 2.59. The van der Waals surface area contributed by atoms with Crippen molar-refractivity contribution in [3.8, 4) is 0 Å². The molecule has 6 nitrogen and oxygen atoms in total. The molecular formula is C20H21Cl2N3O3S. The van der Waals surface area contributed by atoms with Crippen LogP contribution in [0.4, 0.5) is 5.69 Å². The number of halogens is 2. The number of anilines is 1. The van der Waals surface area contributed by atoms with Crippen LogP contribution in [0.5, 0.6) is 0 Å². The lowest BCUT2D eigenvalue weighted by molar-refractivity contribution is -0.123. The van der Waals surface area contributed by atoms with Gasteiger partial charge >= 0.3 is 0 Å². The van der Waals surface area contributed by atoms with Gasteiger partial charge in [-0.3, -0.25) is 4.79 Å². The molecule has 2 aromatic carbocycles. The highest BCUT2D eigenvalue weighted by molar-refractivity contribution is 7.90. The van der Waals surface area contributed by atoms with Gasteiger partial charge in [-0.15, -0.1) is 4.40 Å². The van der Waals surface area contributed by atoms with Crippen LogP contribution in [0.25, 0.3) is 0 Å². The molecule has 2 aromatic rings. The number of fused-ring (bicyclic) bond motifs is 1. The Morgan fingerprint density at radius 1 is 1.17 bits per heavy atom. The highest BCUT2D eigenvalue weighted by atomic mass is 35.5. The lowest BCUT2D eigenvalue weighted by Gasteiger charge is -2.27. The number of amides is 1. The summed E-state index contributed by atoms with van der Waals surface area (Å²) in [5.74, 6) is 0.155. The first-order chi connectivity index (χ1) is 13.6. The number of para-hydroxylation sites is 1. The van der Waals surface area contributed by atoms with E-state index in [1.54, 1.807) is 36.4 Å². The number of nitrogens with one attached hydrogen (secondary N) is 2. The van der Waals surface area contributed by atoms with Crippen LogP contribution >= 0.6 is 23.2 Å². The van der Waals surface area contributed by atoms with Gasteiger partial charge in [0.25, 0.3) is 10.0 Å². The number of rotatable bonds is 6. The van der Waals surface area contributed by atoms with Crippen molar-refractivity contribution in [3.63, 3.8) is 0 Å². The standard InChI is InChI=1S/C20H21Cl2N3O3S/c1-20(2,11-19(26)23-12-13-7-8-14(21)9-15(13)22)10-18-24-16-5-3-4-6-17(16)29(27,28)25-18/h3-9H,10-12H2,1-2H3,(H,23,26)(H,24,25). The van der Waals surface area contributed by atoms with Crippen molar-refractivity contribution in [3.05, 3.63) is 58.1 Å². The molecule has 0 spiro atoms. The Bertz CT molecular complexity index is 1080. The Morgan fingerprint density at radius 3 is 2.62 bits per heavy atom. The van der Waals surface area contributed by atoms with Gasteiger partial charge in [0, 0.05) is 29.4 Å². The number of sulfonamides is 1. The number of nitrogens with zero attached hydrogens (tertiary/aromatic N) is 1. The van der Waals surface area contributed by atoms with E-state index >= 15 is 0 Å². The van der Waals surface area contributed by atoms with Crippen LogP contribution in [0, 0.1) is 5.41 Å². The van der Waals surface area contributed by atoms with Crippen LogP contribution in [-0.4, -0.2) is 20.2 Å². The summed E-state index contributed by atoms with van der Waals surface area (Å²) in [6.07, 6.45) is 0.496. The predicted octanol–water partition coefficient (Wildman–Crippen LogP) is 4.63. The minimum absolute atomic E-state index is 0.152. The molecule has 0 fully saturated rings. The van der Waals surface area contributed by atoms with Gasteiger partial charge in [-0.2, -0.15) is 8.42 Å². The second-order valence-corrected chi connectivity index (χ2v) is 10.1. The zero-order valence-corrected chi connectivity index (χ0v) is 18.3. The number of benzene rings is 2. The first-order valence-electron chi connectivity index (χ1n) is 8.96. The molecule has 0 aromatic heterocycles. The zero-order chi connectivity index (χ0) is 21.2. The fourth-order valence-corrected chi connectivity index (χ4v) is 4.74. The Hall–Kier alpha value is -2.09. The molecule has 0 aliphatic carbocycles. The molecule has 1 amide bonds. The van der Waals surface area contributed by atoms with Crippen LogP contribution in [0.15, 0.2) is 51.8 Å². The molecule has 0 radical (unpaired) electrons. The molecule has 1 aliphatic rings. The van der Waals surface area contributed by atoms with E-state index in [0.717, 1.165) is 5.56 Å². The third-order valence-corrected chi connectivity index (χ3v) is 6.41. The summed E-state index contributed by atoms with van der Waals surface area (Å²) in [4.78, 5) is 12.6. The number of hydrogen-bond donors (Lipinski definition) is 2. The van der Waals surface area contributed by atoms with Crippen molar-refractivity contribution in [1.82, 2.24) is 5.32 Å². The van der Waals surface area contributed by atoms with Gasteiger partial charge in [-0.25, -0.2) is 0 Å². The summed E-state index contributed by atoms with van der Waals surface area (Å²) in [5, 5.41) is 6.92. The van der Waals surface area contributed by atoms with E-state index in [0.29, 0.717) is 28.0 Å². The molecule has 0 bridgehead atoms. The summed E-state index contributed by atoms with van der Waals surface area (Å²) in [5.41, 5.74) is 0.750. The number of carbonyl (C=O) groups is 1. The number of hydrogen-bond acceptors (Lipinski definition) is 4. The summed E-state index contributed by atoms with van der Waals surface area (Å²) in [6.45, 7) is 4.06. The zero-order valence-electron chi connectivity index (χ0n) is 16.0. The van der Waals surface area contributed by atoms with Crippen LogP contribution in [0.2, 0.25) is 10.0 Å². The van der Waals surface area contributed by atoms with Crippen molar-refractivity contribution in [2.75, 3.05) is 5.32 Å². The van der Waals surface area contributed by atoms with Crippen molar-refractivity contribution >= 4 is 50.7 Å². The van der Waals surface area contributed by atoms with Gasteiger partial charge in [-0.05, 0) is 35.2 Å². The van der Waals surface area contributed by atoms with Crippen LogP contribution in [0.3, 0.4) is 0 Å². The molecule has 9 heteroatoms. The van der Waals surface area contributed by atoms with Crippen molar-refractivity contribution in [2.45, 2.75) is 38.1 Å². The Kier molecular flexibility index (Phi) is 6.22. The van der Waals surface area contributed by atoms with Crippen molar-refractivity contribution < 1.29 is 13.2 Å². The summed E-state index contributed by atoms with van der Waals surface area (Å²) in [6, 6.07) is 11.7. The minimum Gasteiger partial charge on any atom is -0.352 e. The molecule has 29 heavy (non-hydrogen) atoms. The van der Waals surface area contributed by atoms with E-state index in [2.05, 4.69) is 15.0 Å². The van der Waals surface area contributed by atoms with Gasteiger partial charge in [0.05, 0.1) is 5.69 Å². The molecule has 0 saturated carbocycles. The van der Waals surface area contributed by atoms with Crippen molar-refractivity contribution in [2.24, 2.45) is 9.81 Å². The van der Waals surface area contributed by atoms with E-state index in [9.17, 15) is 13.2 Å². The Balaban J connectivity index is 1.62. The van der Waals surface area contributed by atoms with Gasteiger partial charge in [0.1, 0.15) is 10.7 Å². The van der Waals surface area contributed by atoms with Crippen LogP contribution in [0.1, 0.15) is 32.3 Å². The minimum atomic E-state index is -3.75. The lowest BCUT2D eigenvalue weighted by atomic mass is 9.84. The first-order valence-corrected chi connectivity index (χ1v) is 11.2. The maximum atomic E-state index is 12.4. The fraction of sp³-hybridized carbons (Fsp3) is 0.300. The smallest absolute Gasteiger partial charge is 0.286 e. The van der Waals surface area contributed by atoms with E-state index < -0.39 is 15.4 Å². The monoisotopic (exact) mass is 453 g/mol. The third kappa shape index (κ3) is 5.50. The van der Waals surface area contributed by atoms with Gasteiger partial charge in [0.15, 0.2) is 0 Å².